The van der Waals surface area contributed by atoms with Gasteiger partial charge in [0.2, 0.25) is 17.7 Å². The standard InChI is InChI=1S/C26H42N4O5/c1-9-10-13-28-23(32)22(19-14-17(4)11-12-18(19)5)30(16(2)3)24(33)20(15-21(27)31)29-25(34)35-26(6,7)8/h11-12,14,16,20,22H,9-10,13,15H2,1-8H3,(H2,27,31)(H,28,32)(H,29,34). The van der Waals surface area contributed by atoms with Gasteiger partial charge in [0.15, 0.2) is 0 Å². The molecule has 196 valence electrons. The molecule has 0 aromatic heterocycles. The van der Waals surface area contributed by atoms with E-state index in [-0.39, 0.29) is 5.91 Å². The smallest absolute Gasteiger partial charge is 0.408 e. The third kappa shape index (κ3) is 9.58. The molecule has 0 saturated carbocycles. The highest BCUT2D eigenvalue weighted by Crippen LogP contribution is 2.28. The van der Waals surface area contributed by atoms with Crippen LogP contribution in [-0.2, 0) is 19.1 Å². The summed E-state index contributed by atoms with van der Waals surface area (Å²) in [5, 5.41) is 5.41. The fourth-order valence-electron chi connectivity index (χ4n) is 3.67. The van der Waals surface area contributed by atoms with E-state index in [1.807, 2.05) is 39.0 Å². The highest BCUT2D eigenvalue weighted by atomic mass is 16.6. The van der Waals surface area contributed by atoms with Gasteiger partial charge in [-0.05, 0) is 66.0 Å². The summed E-state index contributed by atoms with van der Waals surface area (Å²) in [6.07, 6.45) is 0.419. The number of rotatable bonds is 11. The molecule has 1 aromatic carbocycles. The fourth-order valence-corrected chi connectivity index (χ4v) is 3.67. The van der Waals surface area contributed by atoms with Gasteiger partial charge >= 0.3 is 6.09 Å². The molecule has 0 saturated heterocycles. The minimum absolute atomic E-state index is 0.329. The molecule has 0 fully saturated rings. The van der Waals surface area contributed by atoms with Crippen LogP contribution in [0, 0.1) is 13.8 Å². The van der Waals surface area contributed by atoms with E-state index in [2.05, 4.69) is 10.6 Å². The zero-order valence-electron chi connectivity index (χ0n) is 22.4. The number of nitrogens with zero attached hydrogens (tertiary/aromatic N) is 1. The van der Waals surface area contributed by atoms with Crippen LogP contribution in [0.4, 0.5) is 4.79 Å². The third-order valence-electron chi connectivity index (χ3n) is 5.29. The number of ether oxygens (including phenoxy) is 1. The van der Waals surface area contributed by atoms with Gasteiger partial charge in [-0.25, -0.2) is 4.79 Å². The third-order valence-corrected chi connectivity index (χ3v) is 5.29. The quantitative estimate of drug-likeness (QED) is 0.410. The maximum Gasteiger partial charge on any atom is 0.408 e. The van der Waals surface area contributed by atoms with E-state index in [1.165, 1.54) is 4.90 Å². The lowest BCUT2D eigenvalue weighted by Gasteiger charge is -2.37. The van der Waals surface area contributed by atoms with Crippen LogP contribution in [0.2, 0.25) is 0 Å². The van der Waals surface area contributed by atoms with Crippen LogP contribution in [0.5, 0.6) is 0 Å². The predicted molar refractivity (Wildman–Crippen MR) is 136 cm³/mol. The summed E-state index contributed by atoms with van der Waals surface area (Å²) in [5.41, 5.74) is 7.06. The number of nitrogens with two attached hydrogens (primary N) is 1. The van der Waals surface area contributed by atoms with Gasteiger partial charge in [0.25, 0.3) is 0 Å². The molecule has 2 atom stereocenters. The van der Waals surface area contributed by atoms with Crippen molar-refractivity contribution in [3.8, 4) is 0 Å². The number of alkyl carbamates (subject to hydrolysis) is 1. The molecule has 9 heteroatoms. The van der Waals surface area contributed by atoms with E-state index in [0.717, 1.165) is 24.0 Å². The first-order valence-corrected chi connectivity index (χ1v) is 12.1. The van der Waals surface area contributed by atoms with E-state index in [4.69, 9.17) is 10.5 Å². The topological polar surface area (TPSA) is 131 Å². The van der Waals surface area contributed by atoms with Gasteiger partial charge in [-0.3, -0.25) is 14.4 Å². The van der Waals surface area contributed by atoms with Crippen molar-refractivity contribution in [1.82, 2.24) is 15.5 Å². The lowest BCUT2D eigenvalue weighted by molar-refractivity contribution is -0.145. The predicted octanol–water partition coefficient (Wildman–Crippen LogP) is 3.27. The highest BCUT2D eigenvalue weighted by molar-refractivity contribution is 5.94. The minimum Gasteiger partial charge on any atom is -0.444 e. The summed E-state index contributed by atoms with van der Waals surface area (Å²) in [6.45, 7) is 14.9. The SMILES string of the molecule is CCCCNC(=O)C(c1cc(C)ccc1C)N(C(=O)C(CC(N)=O)NC(=O)OC(C)(C)C)C(C)C. The van der Waals surface area contributed by atoms with E-state index < -0.39 is 48.1 Å². The lowest BCUT2D eigenvalue weighted by Crippen LogP contribution is -2.56. The summed E-state index contributed by atoms with van der Waals surface area (Å²) in [4.78, 5) is 53.0. The van der Waals surface area contributed by atoms with Crippen molar-refractivity contribution in [1.29, 1.82) is 0 Å². The average molecular weight is 491 g/mol. The van der Waals surface area contributed by atoms with Crippen LogP contribution in [0.25, 0.3) is 0 Å². The van der Waals surface area contributed by atoms with Crippen molar-refractivity contribution in [2.24, 2.45) is 5.73 Å². The molecule has 1 rings (SSSR count). The van der Waals surface area contributed by atoms with E-state index in [9.17, 15) is 19.2 Å². The molecule has 4 N–H and O–H groups in total. The number of primary amides is 1. The number of carbonyl (C=O) groups is 4. The number of carbonyl (C=O) groups excluding carboxylic acids is 4. The number of amides is 4. The van der Waals surface area contributed by atoms with Crippen LogP contribution < -0.4 is 16.4 Å². The molecule has 0 bridgehead atoms. The highest BCUT2D eigenvalue weighted by Gasteiger charge is 2.38. The van der Waals surface area contributed by atoms with Crippen molar-refractivity contribution in [2.45, 2.75) is 98.4 Å². The van der Waals surface area contributed by atoms with Gasteiger partial charge in [0.05, 0.1) is 6.42 Å². The summed E-state index contributed by atoms with van der Waals surface area (Å²) >= 11 is 0. The maximum atomic E-state index is 13.8. The Balaban J connectivity index is 3.50. The van der Waals surface area contributed by atoms with Gasteiger partial charge in [-0.2, -0.15) is 0 Å². The average Bonchev–Trinajstić information content (AvgIpc) is 2.71. The molecule has 2 unspecified atom stereocenters. The van der Waals surface area contributed by atoms with Crippen LogP contribution in [-0.4, -0.2) is 52.9 Å². The summed E-state index contributed by atoms with van der Waals surface area (Å²) < 4.78 is 5.28. The first-order chi connectivity index (χ1) is 16.2. The van der Waals surface area contributed by atoms with E-state index >= 15 is 0 Å². The number of hydrogen-bond acceptors (Lipinski definition) is 5. The number of nitrogens with one attached hydrogen (secondary N) is 2. The second-order valence-electron chi connectivity index (χ2n) is 10.1. The van der Waals surface area contributed by atoms with Gasteiger partial charge in [0.1, 0.15) is 17.7 Å². The Kier molecular flexibility index (Phi) is 11.2. The monoisotopic (exact) mass is 490 g/mol. The van der Waals surface area contributed by atoms with Crippen LogP contribution in [0.3, 0.4) is 0 Å². The molecule has 0 aliphatic carbocycles. The molecule has 9 nitrogen and oxygen atoms in total. The zero-order chi connectivity index (χ0) is 26.9. The summed E-state index contributed by atoms with van der Waals surface area (Å²) in [5.74, 6) is -1.69. The van der Waals surface area contributed by atoms with Crippen LogP contribution in [0.1, 0.15) is 83.5 Å². The lowest BCUT2D eigenvalue weighted by atomic mass is 9.95. The summed E-state index contributed by atoms with van der Waals surface area (Å²) in [7, 11) is 0. The Bertz CT molecular complexity index is 907. The van der Waals surface area contributed by atoms with Gasteiger partial charge < -0.3 is 26.0 Å². The molecule has 4 amide bonds. The van der Waals surface area contributed by atoms with Crippen LogP contribution in [0.15, 0.2) is 18.2 Å². The Hall–Kier alpha value is -3.10. The van der Waals surface area contributed by atoms with Crippen molar-refractivity contribution in [3.63, 3.8) is 0 Å². The first-order valence-electron chi connectivity index (χ1n) is 12.1. The Morgan fingerprint density at radius 3 is 2.26 bits per heavy atom. The molecule has 0 aliphatic heterocycles. The van der Waals surface area contributed by atoms with Crippen molar-refractivity contribution < 1.29 is 23.9 Å². The number of benzene rings is 1. The largest absolute Gasteiger partial charge is 0.444 e. The summed E-state index contributed by atoms with van der Waals surface area (Å²) in [6, 6.07) is 3.04. The Morgan fingerprint density at radius 1 is 1.11 bits per heavy atom. The van der Waals surface area contributed by atoms with Crippen LogP contribution >= 0.6 is 0 Å². The molecule has 0 heterocycles. The zero-order valence-corrected chi connectivity index (χ0v) is 22.4. The normalized spacial score (nSPS) is 13.1. The molecule has 0 aliphatic rings. The maximum absolute atomic E-state index is 13.8. The number of hydrogen-bond donors (Lipinski definition) is 3. The molecule has 0 spiro atoms. The molecule has 1 aromatic rings. The number of aryl methyl sites for hydroxylation is 2. The first kappa shape index (κ1) is 29.9. The van der Waals surface area contributed by atoms with Crippen molar-refractivity contribution >= 4 is 23.8 Å². The van der Waals surface area contributed by atoms with E-state index in [0.29, 0.717) is 12.1 Å². The Morgan fingerprint density at radius 2 is 1.74 bits per heavy atom. The van der Waals surface area contributed by atoms with Crippen molar-refractivity contribution in [2.75, 3.05) is 6.54 Å². The van der Waals surface area contributed by atoms with Gasteiger partial charge in [-0.15, -0.1) is 0 Å². The second-order valence-corrected chi connectivity index (χ2v) is 10.1. The van der Waals surface area contributed by atoms with Gasteiger partial charge in [-0.1, -0.05) is 37.1 Å². The molecular weight excluding hydrogens is 448 g/mol. The van der Waals surface area contributed by atoms with Crippen molar-refractivity contribution in [3.05, 3.63) is 34.9 Å². The second kappa shape index (κ2) is 13.1. The molecule has 0 radical (unpaired) electrons. The Labute approximate surface area is 209 Å². The minimum atomic E-state index is -1.29. The van der Waals surface area contributed by atoms with E-state index in [1.54, 1.807) is 34.6 Å². The fraction of sp³-hybridized carbons (Fsp3) is 0.615. The number of unbranched alkanes of at least 4 members (excludes halogenated alkanes) is 1. The molecular formula is C26H42N4O5. The van der Waals surface area contributed by atoms with Gasteiger partial charge in [0, 0.05) is 12.6 Å². The molecule has 35 heavy (non-hydrogen) atoms.